The van der Waals surface area contributed by atoms with Gasteiger partial charge in [-0.2, -0.15) is 5.26 Å². The standard InChI is InChI=1S/C18H18N4O/c1-22(12-4-11-19)14-9-7-13(8-10-14)17-20-16-6-3-2-5-15(16)18(23)21-17/h2-3,5-10,17,20H,4,12H2,1H3,(H,21,23)/t17-/m1/s1. The minimum Gasteiger partial charge on any atom is -0.374 e. The van der Waals surface area contributed by atoms with Gasteiger partial charge in [0.15, 0.2) is 0 Å². The number of nitriles is 1. The number of rotatable bonds is 4. The first kappa shape index (κ1) is 14.9. The van der Waals surface area contributed by atoms with Crippen LogP contribution in [0.25, 0.3) is 0 Å². The number of nitrogens with one attached hydrogen (secondary N) is 2. The Labute approximate surface area is 135 Å². The Kier molecular flexibility index (Phi) is 4.15. The van der Waals surface area contributed by atoms with Crippen LogP contribution in [0.3, 0.4) is 0 Å². The molecule has 0 bridgehead atoms. The summed E-state index contributed by atoms with van der Waals surface area (Å²) in [5.41, 5.74) is 3.55. The van der Waals surface area contributed by atoms with Crippen LogP contribution in [0.5, 0.6) is 0 Å². The third kappa shape index (κ3) is 3.11. The fraction of sp³-hybridized carbons (Fsp3) is 0.222. The van der Waals surface area contributed by atoms with Crippen LogP contribution in [0, 0.1) is 11.3 Å². The molecular weight excluding hydrogens is 288 g/mol. The maximum absolute atomic E-state index is 12.2. The monoisotopic (exact) mass is 306 g/mol. The van der Waals surface area contributed by atoms with E-state index in [1.54, 1.807) is 6.07 Å². The fourth-order valence-corrected chi connectivity index (χ4v) is 2.64. The van der Waals surface area contributed by atoms with Crippen LogP contribution in [-0.2, 0) is 0 Å². The Hall–Kier alpha value is -3.00. The number of hydrogen-bond donors (Lipinski definition) is 2. The molecule has 1 heterocycles. The van der Waals surface area contributed by atoms with Crippen molar-refractivity contribution in [3.63, 3.8) is 0 Å². The van der Waals surface area contributed by atoms with E-state index in [2.05, 4.69) is 16.7 Å². The van der Waals surface area contributed by atoms with Crippen molar-refractivity contribution < 1.29 is 4.79 Å². The molecule has 0 aliphatic carbocycles. The number of carbonyl (C=O) groups excluding carboxylic acids is 1. The van der Waals surface area contributed by atoms with Crippen LogP contribution in [0.4, 0.5) is 11.4 Å². The molecule has 0 spiro atoms. The summed E-state index contributed by atoms with van der Waals surface area (Å²) in [6.07, 6.45) is 0.255. The van der Waals surface area contributed by atoms with E-state index in [1.807, 2.05) is 54.4 Å². The van der Waals surface area contributed by atoms with Crippen LogP contribution in [0.15, 0.2) is 48.5 Å². The summed E-state index contributed by atoms with van der Waals surface area (Å²) in [4.78, 5) is 14.2. The van der Waals surface area contributed by atoms with E-state index in [0.29, 0.717) is 18.5 Å². The van der Waals surface area contributed by atoms with Gasteiger partial charge in [-0.15, -0.1) is 0 Å². The zero-order chi connectivity index (χ0) is 16.2. The average Bonchev–Trinajstić information content (AvgIpc) is 2.60. The van der Waals surface area contributed by atoms with Crippen LogP contribution in [-0.4, -0.2) is 19.5 Å². The average molecular weight is 306 g/mol. The number of fused-ring (bicyclic) bond motifs is 1. The topological polar surface area (TPSA) is 68.2 Å². The van der Waals surface area contributed by atoms with Crippen molar-refractivity contribution >= 4 is 17.3 Å². The molecule has 3 rings (SSSR count). The second kappa shape index (κ2) is 6.41. The molecule has 0 radical (unpaired) electrons. The predicted octanol–water partition coefficient (Wildman–Crippen LogP) is 2.89. The van der Waals surface area contributed by atoms with Gasteiger partial charge in [0, 0.05) is 25.0 Å². The number of benzene rings is 2. The van der Waals surface area contributed by atoms with Gasteiger partial charge >= 0.3 is 0 Å². The quantitative estimate of drug-likeness (QED) is 0.911. The van der Waals surface area contributed by atoms with Crippen LogP contribution in [0.2, 0.25) is 0 Å². The molecule has 2 aromatic rings. The first-order valence-corrected chi connectivity index (χ1v) is 7.53. The lowest BCUT2D eigenvalue weighted by Crippen LogP contribution is -2.38. The van der Waals surface area contributed by atoms with E-state index in [1.165, 1.54) is 0 Å². The van der Waals surface area contributed by atoms with Crippen molar-refractivity contribution in [2.45, 2.75) is 12.6 Å². The number of nitrogens with zero attached hydrogens (tertiary/aromatic N) is 2. The van der Waals surface area contributed by atoms with Gasteiger partial charge in [0.05, 0.1) is 18.1 Å². The van der Waals surface area contributed by atoms with Crippen LogP contribution < -0.4 is 15.5 Å². The Morgan fingerprint density at radius 2 is 1.87 bits per heavy atom. The smallest absolute Gasteiger partial charge is 0.255 e. The molecule has 2 aromatic carbocycles. The molecule has 1 aliphatic rings. The highest BCUT2D eigenvalue weighted by Crippen LogP contribution is 2.27. The zero-order valence-corrected chi connectivity index (χ0v) is 12.9. The summed E-state index contributed by atoms with van der Waals surface area (Å²) in [7, 11) is 1.96. The van der Waals surface area contributed by atoms with E-state index in [4.69, 9.17) is 5.26 Å². The molecular formula is C18H18N4O. The Balaban J connectivity index is 1.76. The van der Waals surface area contributed by atoms with Gasteiger partial charge < -0.3 is 15.5 Å². The van der Waals surface area contributed by atoms with E-state index in [-0.39, 0.29) is 12.1 Å². The lowest BCUT2D eigenvalue weighted by molar-refractivity contribution is 0.0935. The summed E-state index contributed by atoms with van der Waals surface area (Å²) in [6, 6.07) is 17.6. The molecule has 23 heavy (non-hydrogen) atoms. The van der Waals surface area contributed by atoms with Gasteiger partial charge in [-0.3, -0.25) is 4.79 Å². The molecule has 5 nitrogen and oxygen atoms in total. The Morgan fingerprint density at radius 1 is 1.13 bits per heavy atom. The molecule has 1 atom stereocenters. The first-order valence-electron chi connectivity index (χ1n) is 7.53. The molecule has 1 amide bonds. The minimum absolute atomic E-state index is 0.0698. The highest BCUT2D eigenvalue weighted by molar-refractivity contribution is 6.01. The van der Waals surface area contributed by atoms with Crippen molar-refractivity contribution in [3.05, 3.63) is 59.7 Å². The molecule has 1 aliphatic heterocycles. The van der Waals surface area contributed by atoms with Gasteiger partial charge in [0.25, 0.3) is 5.91 Å². The second-order valence-corrected chi connectivity index (χ2v) is 5.52. The Bertz CT molecular complexity index is 748. The molecule has 0 saturated heterocycles. The number of para-hydroxylation sites is 1. The number of anilines is 2. The maximum atomic E-state index is 12.2. The van der Waals surface area contributed by atoms with Crippen molar-refractivity contribution in [2.24, 2.45) is 0 Å². The van der Waals surface area contributed by atoms with Gasteiger partial charge in [-0.25, -0.2) is 0 Å². The largest absolute Gasteiger partial charge is 0.374 e. The minimum atomic E-state index is -0.240. The van der Waals surface area contributed by atoms with Gasteiger partial charge in [-0.1, -0.05) is 24.3 Å². The van der Waals surface area contributed by atoms with E-state index >= 15 is 0 Å². The molecule has 2 N–H and O–H groups in total. The first-order chi connectivity index (χ1) is 11.2. The summed E-state index contributed by atoms with van der Waals surface area (Å²) in [5.74, 6) is -0.0698. The van der Waals surface area contributed by atoms with E-state index < -0.39 is 0 Å². The van der Waals surface area contributed by atoms with Crippen molar-refractivity contribution in [3.8, 4) is 6.07 Å². The summed E-state index contributed by atoms with van der Waals surface area (Å²) >= 11 is 0. The molecule has 0 unspecified atom stereocenters. The normalized spacial score (nSPS) is 15.8. The number of hydrogen-bond acceptors (Lipinski definition) is 4. The van der Waals surface area contributed by atoms with Gasteiger partial charge in [0.2, 0.25) is 0 Å². The van der Waals surface area contributed by atoms with Crippen molar-refractivity contribution in [1.82, 2.24) is 5.32 Å². The zero-order valence-electron chi connectivity index (χ0n) is 12.9. The summed E-state index contributed by atoms with van der Waals surface area (Å²) < 4.78 is 0. The van der Waals surface area contributed by atoms with Gasteiger partial charge in [0.1, 0.15) is 6.17 Å². The van der Waals surface area contributed by atoms with Crippen molar-refractivity contribution in [2.75, 3.05) is 23.8 Å². The van der Waals surface area contributed by atoms with Crippen LogP contribution >= 0.6 is 0 Å². The number of amides is 1. The highest BCUT2D eigenvalue weighted by Gasteiger charge is 2.23. The maximum Gasteiger partial charge on any atom is 0.255 e. The summed E-state index contributed by atoms with van der Waals surface area (Å²) in [5, 5.41) is 15.0. The molecule has 5 heteroatoms. The predicted molar refractivity (Wildman–Crippen MR) is 90.2 cm³/mol. The SMILES string of the molecule is CN(CCC#N)c1ccc([C@H]2NC(=O)c3ccccc3N2)cc1. The highest BCUT2D eigenvalue weighted by atomic mass is 16.2. The fourth-order valence-electron chi connectivity index (χ4n) is 2.64. The lowest BCUT2D eigenvalue weighted by Gasteiger charge is -2.28. The molecule has 0 aromatic heterocycles. The molecule has 0 fully saturated rings. The van der Waals surface area contributed by atoms with Crippen molar-refractivity contribution in [1.29, 1.82) is 5.26 Å². The lowest BCUT2D eigenvalue weighted by atomic mass is 10.1. The van der Waals surface area contributed by atoms with Gasteiger partial charge in [-0.05, 0) is 29.8 Å². The Morgan fingerprint density at radius 3 is 2.61 bits per heavy atom. The second-order valence-electron chi connectivity index (χ2n) is 5.52. The molecule has 0 saturated carbocycles. The molecule has 116 valence electrons. The third-order valence-electron chi connectivity index (χ3n) is 3.97. The number of carbonyl (C=O) groups is 1. The van der Waals surface area contributed by atoms with E-state index in [0.717, 1.165) is 16.9 Å². The van der Waals surface area contributed by atoms with E-state index in [9.17, 15) is 4.79 Å². The third-order valence-corrected chi connectivity index (χ3v) is 3.97. The summed E-state index contributed by atoms with van der Waals surface area (Å²) in [6.45, 7) is 0.696. The van der Waals surface area contributed by atoms with Crippen LogP contribution in [0.1, 0.15) is 28.5 Å².